The van der Waals surface area contributed by atoms with Gasteiger partial charge in [-0.25, -0.2) is 0 Å². The zero-order valence-corrected chi connectivity index (χ0v) is 10.2. The van der Waals surface area contributed by atoms with Crippen LogP contribution in [-0.4, -0.2) is 23.9 Å². The van der Waals surface area contributed by atoms with Crippen molar-refractivity contribution < 1.29 is 14.9 Å². The number of phenols is 1. The molecular formula is C10H14BrNO3. The molecule has 0 aliphatic rings. The molecule has 15 heavy (non-hydrogen) atoms. The van der Waals surface area contributed by atoms with Crippen molar-refractivity contribution >= 4 is 15.9 Å². The fourth-order valence-corrected chi connectivity index (χ4v) is 2.11. The molecule has 1 rings (SSSR count). The first kappa shape index (κ1) is 12.3. The second kappa shape index (κ2) is 4.83. The van der Waals surface area contributed by atoms with Gasteiger partial charge in [0.25, 0.3) is 0 Å². The van der Waals surface area contributed by atoms with Gasteiger partial charge in [-0.05, 0) is 34.5 Å². The van der Waals surface area contributed by atoms with E-state index in [0.717, 1.165) is 5.56 Å². The van der Waals surface area contributed by atoms with Crippen LogP contribution < -0.4 is 10.5 Å². The Kier molecular flexibility index (Phi) is 3.96. The monoisotopic (exact) mass is 275 g/mol. The molecule has 1 aromatic carbocycles. The molecule has 0 fully saturated rings. The molecule has 0 aromatic heterocycles. The number of phenolic OH excluding ortho intramolecular Hbond substituents is 1. The molecule has 1 unspecified atom stereocenters. The molecular weight excluding hydrogens is 262 g/mol. The Hall–Kier alpha value is -0.780. The van der Waals surface area contributed by atoms with Gasteiger partial charge in [-0.15, -0.1) is 0 Å². The van der Waals surface area contributed by atoms with Gasteiger partial charge < -0.3 is 20.7 Å². The first-order valence-corrected chi connectivity index (χ1v) is 5.24. The first-order chi connectivity index (χ1) is 7.02. The van der Waals surface area contributed by atoms with E-state index in [1.165, 1.54) is 7.11 Å². The number of hydrogen-bond donors (Lipinski definition) is 3. The average molecular weight is 276 g/mol. The Labute approximate surface area is 96.8 Å². The first-order valence-electron chi connectivity index (χ1n) is 4.45. The van der Waals surface area contributed by atoms with E-state index in [4.69, 9.17) is 15.6 Å². The van der Waals surface area contributed by atoms with Crippen LogP contribution in [0.1, 0.15) is 17.2 Å². The maximum absolute atomic E-state index is 9.82. The third-order valence-electron chi connectivity index (χ3n) is 2.21. The number of benzene rings is 1. The van der Waals surface area contributed by atoms with Gasteiger partial charge in [-0.1, -0.05) is 0 Å². The van der Waals surface area contributed by atoms with Crippen molar-refractivity contribution in [2.75, 3.05) is 13.7 Å². The number of aromatic hydroxyl groups is 1. The summed E-state index contributed by atoms with van der Waals surface area (Å²) >= 11 is 3.23. The fraction of sp³-hybridized carbons (Fsp3) is 0.400. The molecule has 4 nitrogen and oxygen atoms in total. The summed E-state index contributed by atoms with van der Waals surface area (Å²) in [6.07, 6.45) is 0. The normalized spacial score (nSPS) is 12.6. The van der Waals surface area contributed by atoms with Crippen LogP contribution in [0.25, 0.3) is 0 Å². The highest BCUT2D eigenvalue weighted by atomic mass is 79.9. The predicted molar refractivity (Wildman–Crippen MR) is 61.1 cm³/mol. The van der Waals surface area contributed by atoms with Crippen LogP contribution in [-0.2, 0) is 0 Å². The Morgan fingerprint density at radius 3 is 2.67 bits per heavy atom. The van der Waals surface area contributed by atoms with Crippen LogP contribution in [0.5, 0.6) is 11.5 Å². The summed E-state index contributed by atoms with van der Waals surface area (Å²) in [5.74, 6) is 0.584. The minimum Gasteiger partial charge on any atom is -0.506 e. The van der Waals surface area contributed by atoms with Crippen LogP contribution in [0.3, 0.4) is 0 Å². The Morgan fingerprint density at radius 1 is 1.60 bits per heavy atom. The van der Waals surface area contributed by atoms with Gasteiger partial charge >= 0.3 is 0 Å². The largest absolute Gasteiger partial charge is 0.506 e. The maximum Gasteiger partial charge on any atom is 0.139 e. The zero-order chi connectivity index (χ0) is 11.6. The fourth-order valence-electron chi connectivity index (χ4n) is 1.41. The molecule has 0 heterocycles. The Morgan fingerprint density at radius 2 is 2.20 bits per heavy atom. The lowest BCUT2D eigenvalue weighted by Crippen LogP contribution is -2.15. The van der Waals surface area contributed by atoms with Crippen molar-refractivity contribution in [2.24, 2.45) is 5.73 Å². The van der Waals surface area contributed by atoms with E-state index < -0.39 is 6.04 Å². The number of hydrogen-bond acceptors (Lipinski definition) is 4. The molecule has 1 aromatic rings. The molecule has 4 N–H and O–H groups in total. The van der Waals surface area contributed by atoms with Crippen molar-refractivity contribution in [1.82, 2.24) is 0 Å². The summed E-state index contributed by atoms with van der Waals surface area (Å²) in [5.41, 5.74) is 7.00. The second-order valence-corrected chi connectivity index (χ2v) is 4.06. The average Bonchev–Trinajstić information content (AvgIpc) is 2.23. The number of halogens is 1. The molecule has 0 amide bonds. The van der Waals surface area contributed by atoms with Gasteiger partial charge in [0.1, 0.15) is 16.0 Å². The van der Waals surface area contributed by atoms with Crippen molar-refractivity contribution in [1.29, 1.82) is 0 Å². The highest BCUT2D eigenvalue weighted by molar-refractivity contribution is 9.10. The van der Waals surface area contributed by atoms with E-state index in [2.05, 4.69) is 15.9 Å². The third kappa shape index (κ3) is 2.25. The van der Waals surface area contributed by atoms with Crippen LogP contribution in [0, 0.1) is 6.92 Å². The Bertz CT molecular complexity index is 368. The van der Waals surface area contributed by atoms with Crippen molar-refractivity contribution in [2.45, 2.75) is 13.0 Å². The van der Waals surface area contributed by atoms with E-state index in [9.17, 15) is 5.11 Å². The smallest absolute Gasteiger partial charge is 0.139 e. The molecule has 0 aliphatic carbocycles. The SMILES string of the molecule is COc1c(C)cc(C(N)CO)c(O)c1Br. The summed E-state index contributed by atoms with van der Waals surface area (Å²) in [5, 5.41) is 18.8. The quantitative estimate of drug-likeness (QED) is 0.781. The minimum atomic E-state index is -0.592. The second-order valence-electron chi connectivity index (χ2n) is 3.27. The van der Waals surface area contributed by atoms with Crippen molar-refractivity contribution in [3.63, 3.8) is 0 Å². The van der Waals surface area contributed by atoms with E-state index in [-0.39, 0.29) is 12.4 Å². The molecule has 0 radical (unpaired) electrons. The van der Waals surface area contributed by atoms with Crippen molar-refractivity contribution in [3.8, 4) is 11.5 Å². The molecule has 0 saturated carbocycles. The van der Waals surface area contributed by atoms with E-state index >= 15 is 0 Å². The van der Waals surface area contributed by atoms with Crippen LogP contribution in [0.4, 0.5) is 0 Å². The molecule has 0 bridgehead atoms. The Balaban J connectivity index is 3.33. The van der Waals surface area contributed by atoms with E-state index in [1.807, 2.05) is 6.92 Å². The standard InChI is InChI=1S/C10H14BrNO3/c1-5-3-6(7(12)4-13)9(14)8(11)10(5)15-2/h3,7,13-14H,4,12H2,1-2H3. The third-order valence-corrected chi connectivity index (χ3v) is 2.95. The molecule has 84 valence electrons. The van der Waals surface area contributed by atoms with Gasteiger partial charge in [0.15, 0.2) is 0 Å². The number of methoxy groups -OCH3 is 1. The van der Waals surface area contributed by atoms with Gasteiger partial charge in [0, 0.05) is 5.56 Å². The lowest BCUT2D eigenvalue weighted by atomic mass is 10.0. The lowest BCUT2D eigenvalue weighted by molar-refractivity contribution is 0.265. The van der Waals surface area contributed by atoms with Gasteiger partial charge in [0.2, 0.25) is 0 Å². The highest BCUT2D eigenvalue weighted by Gasteiger charge is 2.18. The number of ether oxygens (including phenoxy) is 1. The topological polar surface area (TPSA) is 75.7 Å². The predicted octanol–water partition coefficient (Wildman–Crippen LogP) is 1.46. The highest BCUT2D eigenvalue weighted by Crippen LogP contribution is 2.40. The van der Waals surface area contributed by atoms with Gasteiger partial charge in [-0.2, -0.15) is 0 Å². The minimum absolute atomic E-state index is 0.0130. The van der Waals surface area contributed by atoms with E-state index in [1.54, 1.807) is 6.07 Å². The molecule has 5 heteroatoms. The van der Waals surface area contributed by atoms with Crippen LogP contribution >= 0.6 is 15.9 Å². The van der Waals surface area contributed by atoms with Gasteiger partial charge in [0.05, 0.1) is 19.8 Å². The number of aliphatic hydroxyl groups excluding tert-OH is 1. The lowest BCUT2D eigenvalue weighted by Gasteiger charge is -2.16. The number of aliphatic hydroxyl groups is 1. The molecule has 0 spiro atoms. The van der Waals surface area contributed by atoms with Gasteiger partial charge in [-0.3, -0.25) is 0 Å². The van der Waals surface area contributed by atoms with Crippen molar-refractivity contribution in [3.05, 3.63) is 21.7 Å². The molecule has 1 atom stereocenters. The van der Waals surface area contributed by atoms with Crippen LogP contribution in [0.15, 0.2) is 10.5 Å². The number of rotatable bonds is 3. The summed E-state index contributed by atoms with van der Waals surface area (Å²) in [6.45, 7) is 1.63. The number of nitrogens with two attached hydrogens (primary N) is 1. The zero-order valence-electron chi connectivity index (χ0n) is 8.62. The number of aryl methyl sites for hydroxylation is 1. The summed E-state index contributed by atoms with van der Waals surface area (Å²) in [6, 6.07) is 1.12. The van der Waals surface area contributed by atoms with Crippen LogP contribution in [0.2, 0.25) is 0 Å². The maximum atomic E-state index is 9.82. The summed E-state index contributed by atoms with van der Waals surface area (Å²) in [4.78, 5) is 0. The van der Waals surface area contributed by atoms with E-state index in [0.29, 0.717) is 15.8 Å². The molecule has 0 saturated heterocycles. The molecule has 0 aliphatic heterocycles. The summed E-state index contributed by atoms with van der Waals surface area (Å²) < 4.78 is 5.58. The summed E-state index contributed by atoms with van der Waals surface area (Å²) in [7, 11) is 1.53.